The highest BCUT2D eigenvalue weighted by molar-refractivity contribution is 5.94. The molecule has 0 aliphatic carbocycles. The summed E-state index contributed by atoms with van der Waals surface area (Å²) in [6.45, 7) is 0. The van der Waals surface area contributed by atoms with Crippen LogP contribution in [0.2, 0.25) is 0 Å². The summed E-state index contributed by atoms with van der Waals surface area (Å²) in [6.07, 6.45) is 3.11. The molecule has 78 valence electrons. The Morgan fingerprint density at radius 3 is 3.00 bits per heavy atom. The molecule has 0 aliphatic rings. The molecule has 0 atom stereocenters. The monoisotopic (exact) mass is 208 g/mol. The van der Waals surface area contributed by atoms with Gasteiger partial charge in [0.1, 0.15) is 0 Å². The summed E-state index contributed by atoms with van der Waals surface area (Å²) in [6, 6.07) is 0. The van der Waals surface area contributed by atoms with Crippen LogP contribution in [0.25, 0.3) is 5.95 Å². The molecule has 0 fully saturated rings. The predicted octanol–water partition coefficient (Wildman–Crippen LogP) is -1.51. The van der Waals surface area contributed by atoms with E-state index in [1.807, 2.05) is 0 Å². The summed E-state index contributed by atoms with van der Waals surface area (Å²) in [7, 11) is 1.67. The average molecular weight is 208 g/mol. The zero-order chi connectivity index (χ0) is 10.8. The summed E-state index contributed by atoms with van der Waals surface area (Å²) in [4.78, 5) is 3.92. The van der Waals surface area contributed by atoms with Gasteiger partial charge >= 0.3 is 0 Å². The summed E-state index contributed by atoms with van der Waals surface area (Å²) in [5.74, 6) is 0.590. The number of hydrogen-bond acceptors (Lipinski definition) is 6. The molecule has 0 unspecified atom stereocenters. The Morgan fingerprint density at radius 2 is 2.40 bits per heavy atom. The molecule has 9 heteroatoms. The molecule has 0 aromatic carbocycles. The Morgan fingerprint density at radius 1 is 1.60 bits per heavy atom. The van der Waals surface area contributed by atoms with Crippen LogP contribution in [0.1, 0.15) is 5.82 Å². The topological polar surface area (TPSA) is 120 Å². The Bertz CT molecular complexity index is 497. The third kappa shape index (κ3) is 1.39. The molecule has 2 heterocycles. The number of aryl methyl sites for hydroxylation is 1. The quantitative estimate of drug-likeness (QED) is 0.268. The van der Waals surface area contributed by atoms with Gasteiger partial charge in [-0.05, 0) is 10.4 Å². The molecule has 9 nitrogen and oxygen atoms in total. The lowest BCUT2D eigenvalue weighted by atomic mass is 10.5. The second-order valence-electron chi connectivity index (χ2n) is 2.71. The lowest BCUT2D eigenvalue weighted by Gasteiger charge is -2.02. The third-order valence-electron chi connectivity index (χ3n) is 1.79. The van der Waals surface area contributed by atoms with Crippen molar-refractivity contribution >= 4 is 5.84 Å². The first-order valence-corrected chi connectivity index (χ1v) is 3.98. The average Bonchev–Trinajstić information content (AvgIpc) is 2.84. The van der Waals surface area contributed by atoms with Crippen molar-refractivity contribution in [3.8, 4) is 5.95 Å². The molecule has 0 radical (unpaired) electrons. The number of rotatable bonds is 2. The number of hydrogen-bond donors (Lipinski definition) is 2. The van der Waals surface area contributed by atoms with Crippen molar-refractivity contribution in [1.29, 1.82) is 0 Å². The second-order valence-corrected chi connectivity index (χ2v) is 2.71. The molecular formula is C6H8N8O. The van der Waals surface area contributed by atoms with E-state index in [4.69, 9.17) is 10.9 Å². The highest BCUT2D eigenvalue weighted by Crippen LogP contribution is 2.04. The summed E-state index contributed by atoms with van der Waals surface area (Å²) >= 11 is 0. The molecule has 0 saturated heterocycles. The molecule has 3 N–H and O–H groups in total. The first-order valence-electron chi connectivity index (χ1n) is 3.98. The van der Waals surface area contributed by atoms with E-state index < -0.39 is 0 Å². The first kappa shape index (κ1) is 9.12. The number of aromatic nitrogens is 6. The molecule has 2 rings (SSSR count). The number of nitrogens with zero attached hydrogens (tertiary/aromatic N) is 7. The van der Waals surface area contributed by atoms with E-state index in [1.165, 1.54) is 15.4 Å². The number of nitrogens with two attached hydrogens (primary N) is 1. The van der Waals surface area contributed by atoms with Crippen LogP contribution in [0.4, 0.5) is 0 Å². The SMILES string of the molecule is Cn1nnnc1-n1ccnc1C(N)=NO. The Labute approximate surface area is 83.8 Å². The maximum Gasteiger partial charge on any atom is 0.255 e. The maximum absolute atomic E-state index is 8.55. The van der Waals surface area contributed by atoms with Crippen molar-refractivity contribution in [3.05, 3.63) is 18.2 Å². The highest BCUT2D eigenvalue weighted by atomic mass is 16.4. The smallest absolute Gasteiger partial charge is 0.255 e. The van der Waals surface area contributed by atoms with E-state index in [-0.39, 0.29) is 11.7 Å². The summed E-state index contributed by atoms with van der Waals surface area (Å²) in [5, 5.41) is 22.3. The standard InChI is InChI=1S/C6H8N8O/c1-13-6(9-11-12-13)14-3-2-8-5(14)4(7)10-15/h2-3,15H,1H3,(H2,7,10). The van der Waals surface area contributed by atoms with Crippen LogP contribution in [-0.4, -0.2) is 40.8 Å². The van der Waals surface area contributed by atoms with Gasteiger partial charge in [-0.25, -0.2) is 9.67 Å². The minimum Gasteiger partial charge on any atom is -0.409 e. The zero-order valence-electron chi connectivity index (χ0n) is 7.81. The second kappa shape index (κ2) is 3.36. The van der Waals surface area contributed by atoms with Gasteiger partial charge in [0.05, 0.1) is 0 Å². The third-order valence-corrected chi connectivity index (χ3v) is 1.79. The van der Waals surface area contributed by atoms with E-state index in [0.29, 0.717) is 5.95 Å². The van der Waals surface area contributed by atoms with Crippen LogP contribution in [0.5, 0.6) is 0 Å². The molecular weight excluding hydrogens is 200 g/mol. The van der Waals surface area contributed by atoms with Crippen molar-refractivity contribution < 1.29 is 5.21 Å². The van der Waals surface area contributed by atoms with E-state index in [1.54, 1.807) is 13.2 Å². The summed E-state index contributed by atoms with van der Waals surface area (Å²) in [5.41, 5.74) is 5.43. The zero-order valence-corrected chi connectivity index (χ0v) is 7.81. The number of amidine groups is 1. The largest absolute Gasteiger partial charge is 0.409 e. The fraction of sp³-hybridized carbons (Fsp3) is 0.167. The lowest BCUT2D eigenvalue weighted by Crippen LogP contribution is -2.20. The minimum atomic E-state index is -0.108. The van der Waals surface area contributed by atoms with Gasteiger partial charge in [0.25, 0.3) is 5.95 Å². The normalized spacial score (nSPS) is 11.9. The summed E-state index contributed by atoms with van der Waals surface area (Å²) < 4.78 is 2.95. The highest BCUT2D eigenvalue weighted by Gasteiger charge is 2.13. The van der Waals surface area contributed by atoms with Crippen LogP contribution in [-0.2, 0) is 7.05 Å². The van der Waals surface area contributed by atoms with E-state index in [2.05, 4.69) is 25.7 Å². The Kier molecular flexibility index (Phi) is 2.04. The van der Waals surface area contributed by atoms with Crippen LogP contribution in [0.15, 0.2) is 17.5 Å². The lowest BCUT2D eigenvalue weighted by molar-refractivity contribution is 0.318. The molecule has 0 saturated carbocycles. The van der Waals surface area contributed by atoms with Gasteiger partial charge in [-0.15, -0.1) is 0 Å². The van der Waals surface area contributed by atoms with Crippen LogP contribution < -0.4 is 5.73 Å². The first-order chi connectivity index (χ1) is 7.24. The number of oxime groups is 1. The van der Waals surface area contributed by atoms with Crippen molar-refractivity contribution in [1.82, 2.24) is 29.8 Å². The number of imidazole rings is 1. The van der Waals surface area contributed by atoms with Gasteiger partial charge in [0.15, 0.2) is 5.82 Å². The van der Waals surface area contributed by atoms with Crippen molar-refractivity contribution in [3.63, 3.8) is 0 Å². The molecule has 0 amide bonds. The Hall–Kier alpha value is -2.45. The van der Waals surface area contributed by atoms with Crippen LogP contribution in [0, 0.1) is 0 Å². The molecule has 0 bridgehead atoms. The van der Waals surface area contributed by atoms with E-state index in [9.17, 15) is 0 Å². The van der Waals surface area contributed by atoms with E-state index >= 15 is 0 Å². The number of tetrazole rings is 1. The maximum atomic E-state index is 8.55. The molecule has 2 aromatic heterocycles. The van der Waals surface area contributed by atoms with Crippen molar-refractivity contribution in [2.24, 2.45) is 17.9 Å². The van der Waals surface area contributed by atoms with Gasteiger partial charge in [0.2, 0.25) is 5.84 Å². The van der Waals surface area contributed by atoms with E-state index in [0.717, 1.165) is 0 Å². The van der Waals surface area contributed by atoms with Gasteiger partial charge in [0, 0.05) is 19.4 Å². The Balaban J connectivity index is 2.55. The van der Waals surface area contributed by atoms with Crippen molar-refractivity contribution in [2.75, 3.05) is 0 Å². The minimum absolute atomic E-state index is 0.108. The van der Waals surface area contributed by atoms with Crippen LogP contribution >= 0.6 is 0 Å². The fourth-order valence-corrected chi connectivity index (χ4v) is 1.13. The van der Waals surface area contributed by atoms with Crippen LogP contribution in [0.3, 0.4) is 0 Å². The van der Waals surface area contributed by atoms with Gasteiger partial charge in [-0.2, -0.15) is 0 Å². The molecule has 2 aromatic rings. The molecule has 0 aliphatic heterocycles. The van der Waals surface area contributed by atoms with Gasteiger partial charge < -0.3 is 10.9 Å². The predicted molar refractivity (Wildman–Crippen MR) is 48.4 cm³/mol. The van der Waals surface area contributed by atoms with Gasteiger partial charge in [-0.1, -0.05) is 10.3 Å². The molecule has 15 heavy (non-hydrogen) atoms. The fourth-order valence-electron chi connectivity index (χ4n) is 1.13. The van der Waals surface area contributed by atoms with Crippen molar-refractivity contribution in [2.45, 2.75) is 0 Å². The van der Waals surface area contributed by atoms with Gasteiger partial charge in [-0.3, -0.25) is 4.57 Å². The molecule has 0 spiro atoms.